The monoisotopic (exact) mass is 326 g/mol. The second-order valence-electron chi connectivity index (χ2n) is 5.41. The summed E-state index contributed by atoms with van der Waals surface area (Å²) in [4.78, 5) is 32.2. The number of carbonyl (C=O) groups is 1. The summed E-state index contributed by atoms with van der Waals surface area (Å²) in [6.45, 7) is 2.86. The molecule has 0 aromatic carbocycles. The molecule has 24 heavy (non-hydrogen) atoms. The molecule has 3 rings (SSSR count). The van der Waals surface area contributed by atoms with Crippen molar-refractivity contribution in [1.29, 1.82) is 0 Å². The Morgan fingerprint density at radius 3 is 3.00 bits per heavy atom. The lowest BCUT2D eigenvalue weighted by atomic mass is 10.3. The lowest BCUT2D eigenvalue weighted by Crippen LogP contribution is -2.29. The summed E-state index contributed by atoms with van der Waals surface area (Å²) in [5, 5.41) is 6.91. The van der Waals surface area contributed by atoms with Gasteiger partial charge in [0.2, 0.25) is 5.78 Å². The van der Waals surface area contributed by atoms with Crippen LogP contribution < -0.4 is 10.9 Å². The molecule has 3 heterocycles. The van der Waals surface area contributed by atoms with Crippen molar-refractivity contribution in [2.24, 2.45) is 0 Å². The van der Waals surface area contributed by atoms with Gasteiger partial charge in [-0.15, -0.1) is 0 Å². The first-order chi connectivity index (χ1) is 11.7. The third-order valence-electron chi connectivity index (χ3n) is 3.57. The minimum absolute atomic E-state index is 0.199. The molecule has 0 saturated heterocycles. The van der Waals surface area contributed by atoms with Gasteiger partial charge in [0.1, 0.15) is 5.69 Å². The second-order valence-corrected chi connectivity index (χ2v) is 5.41. The molecular weight excluding hydrogens is 308 g/mol. The number of hydrogen-bond acceptors (Lipinski definition) is 5. The fourth-order valence-electron chi connectivity index (χ4n) is 2.26. The van der Waals surface area contributed by atoms with Crippen LogP contribution in [0.3, 0.4) is 0 Å². The number of aryl methyl sites for hydroxylation is 1. The topological polar surface area (TPSA) is 94.2 Å². The molecule has 0 radical (unpaired) electrons. The molecule has 0 aliphatic rings. The summed E-state index contributed by atoms with van der Waals surface area (Å²) in [5.74, 6) is 0.278. The molecule has 124 valence electrons. The SMILES string of the molecule is CCCCn1nc(C(=O)NCc2cnc3nccn3c2)ccc1=O. The van der Waals surface area contributed by atoms with Crippen molar-refractivity contribution in [3.05, 3.63) is 58.5 Å². The molecule has 0 saturated carbocycles. The largest absolute Gasteiger partial charge is 0.346 e. The van der Waals surface area contributed by atoms with Crippen molar-refractivity contribution in [1.82, 2.24) is 29.5 Å². The zero-order valence-electron chi connectivity index (χ0n) is 13.3. The van der Waals surface area contributed by atoms with Crippen LogP contribution in [0, 0.1) is 0 Å². The number of carbonyl (C=O) groups excluding carboxylic acids is 1. The van der Waals surface area contributed by atoms with Crippen LogP contribution in [0.1, 0.15) is 35.8 Å². The number of fused-ring (bicyclic) bond motifs is 1. The lowest BCUT2D eigenvalue weighted by Gasteiger charge is -2.07. The minimum Gasteiger partial charge on any atom is -0.346 e. The highest BCUT2D eigenvalue weighted by molar-refractivity contribution is 5.91. The third-order valence-corrected chi connectivity index (χ3v) is 3.57. The van der Waals surface area contributed by atoms with Crippen LogP contribution in [0.15, 0.2) is 41.7 Å². The Bertz CT molecular complexity index is 914. The van der Waals surface area contributed by atoms with Crippen LogP contribution in [0.2, 0.25) is 0 Å². The molecule has 0 aliphatic carbocycles. The summed E-state index contributed by atoms with van der Waals surface area (Å²) >= 11 is 0. The fraction of sp³-hybridized carbons (Fsp3) is 0.312. The van der Waals surface area contributed by atoms with E-state index >= 15 is 0 Å². The van der Waals surface area contributed by atoms with E-state index in [0.717, 1.165) is 18.4 Å². The minimum atomic E-state index is -0.328. The molecule has 0 atom stereocenters. The molecule has 0 aliphatic heterocycles. The Labute approximate surface area is 138 Å². The highest BCUT2D eigenvalue weighted by Crippen LogP contribution is 2.01. The average molecular weight is 326 g/mol. The fourth-order valence-corrected chi connectivity index (χ4v) is 2.26. The summed E-state index contributed by atoms with van der Waals surface area (Å²) < 4.78 is 3.11. The van der Waals surface area contributed by atoms with Crippen molar-refractivity contribution in [3.63, 3.8) is 0 Å². The van der Waals surface area contributed by atoms with Gasteiger partial charge in [0, 0.05) is 49.5 Å². The van der Waals surface area contributed by atoms with Crippen LogP contribution in [0.4, 0.5) is 0 Å². The van der Waals surface area contributed by atoms with Gasteiger partial charge in [-0.3, -0.25) is 14.0 Å². The predicted molar refractivity (Wildman–Crippen MR) is 87.6 cm³/mol. The van der Waals surface area contributed by atoms with E-state index < -0.39 is 0 Å². The Morgan fingerprint density at radius 1 is 1.29 bits per heavy atom. The molecule has 0 bridgehead atoms. The molecule has 8 nitrogen and oxygen atoms in total. The van der Waals surface area contributed by atoms with Crippen LogP contribution in [0.5, 0.6) is 0 Å². The first-order valence-corrected chi connectivity index (χ1v) is 7.81. The van der Waals surface area contributed by atoms with Gasteiger partial charge in [-0.2, -0.15) is 5.10 Å². The third kappa shape index (κ3) is 3.48. The van der Waals surface area contributed by atoms with Gasteiger partial charge in [-0.25, -0.2) is 14.6 Å². The van der Waals surface area contributed by atoms with Crippen LogP contribution in [-0.2, 0) is 13.1 Å². The maximum atomic E-state index is 12.2. The van der Waals surface area contributed by atoms with Gasteiger partial charge in [0.05, 0.1) is 0 Å². The van der Waals surface area contributed by atoms with E-state index in [2.05, 4.69) is 20.4 Å². The number of rotatable bonds is 6. The van der Waals surface area contributed by atoms with Crippen LogP contribution in [-0.4, -0.2) is 30.1 Å². The van der Waals surface area contributed by atoms with E-state index in [-0.39, 0.29) is 17.2 Å². The Hall–Kier alpha value is -3.03. The average Bonchev–Trinajstić information content (AvgIpc) is 3.06. The Kier molecular flexibility index (Phi) is 4.64. The highest BCUT2D eigenvalue weighted by Gasteiger charge is 2.10. The Morgan fingerprint density at radius 2 is 2.17 bits per heavy atom. The molecule has 0 fully saturated rings. The predicted octanol–water partition coefficient (Wildman–Crippen LogP) is 1.02. The normalized spacial score (nSPS) is 10.9. The molecule has 3 aromatic rings. The number of unbranched alkanes of at least 4 members (excludes halogenated alkanes) is 1. The molecular formula is C16H18N6O2. The number of hydrogen-bond donors (Lipinski definition) is 1. The van der Waals surface area contributed by atoms with Crippen molar-refractivity contribution in [2.45, 2.75) is 32.9 Å². The Balaban J connectivity index is 1.69. The molecule has 0 spiro atoms. The van der Waals surface area contributed by atoms with Crippen molar-refractivity contribution in [2.75, 3.05) is 0 Å². The van der Waals surface area contributed by atoms with Gasteiger partial charge in [-0.1, -0.05) is 13.3 Å². The molecule has 3 aromatic heterocycles. The van der Waals surface area contributed by atoms with Gasteiger partial charge in [0.15, 0.2) is 0 Å². The van der Waals surface area contributed by atoms with E-state index in [9.17, 15) is 9.59 Å². The van der Waals surface area contributed by atoms with E-state index in [1.807, 2.05) is 13.1 Å². The number of amides is 1. The van der Waals surface area contributed by atoms with Gasteiger partial charge in [-0.05, 0) is 12.5 Å². The van der Waals surface area contributed by atoms with Crippen molar-refractivity contribution in [3.8, 4) is 0 Å². The smallest absolute Gasteiger partial charge is 0.271 e. The van der Waals surface area contributed by atoms with Crippen molar-refractivity contribution < 1.29 is 4.79 Å². The second kappa shape index (κ2) is 7.03. The molecule has 1 N–H and O–H groups in total. The van der Waals surface area contributed by atoms with Crippen LogP contribution in [0.25, 0.3) is 5.78 Å². The molecule has 8 heteroatoms. The van der Waals surface area contributed by atoms with Gasteiger partial charge >= 0.3 is 0 Å². The number of nitrogens with zero attached hydrogens (tertiary/aromatic N) is 5. The number of aromatic nitrogens is 5. The zero-order valence-corrected chi connectivity index (χ0v) is 13.3. The number of imidazole rings is 1. The maximum Gasteiger partial charge on any atom is 0.271 e. The summed E-state index contributed by atoms with van der Waals surface area (Å²) in [5.41, 5.74) is 0.866. The standard InChI is InChI=1S/C16H18N6O2/c1-2-3-7-22-14(23)5-4-13(20-22)15(24)18-9-12-10-19-16-17-6-8-21(16)11-12/h4-6,8,10-11H,2-3,7,9H2,1H3,(H,18,24). The summed E-state index contributed by atoms with van der Waals surface area (Å²) in [7, 11) is 0. The zero-order chi connectivity index (χ0) is 16.9. The lowest BCUT2D eigenvalue weighted by molar-refractivity contribution is 0.0943. The quantitative estimate of drug-likeness (QED) is 0.730. The molecule has 0 unspecified atom stereocenters. The van der Waals surface area contributed by atoms with Crippen LogP contribution >= 0.6 is 0 Å². The van der Waals surface area contributed by atoms with E-state index in [1.165, 1.54) is 16.8 Å². The first kappa shape index (κ1) is 15.9. The van der Waals surface area contributed by atoms with E-state index in [1.54, 1.807) is 23.0 Å². The summed E-state index contributed by atoms with van der Waals surface area (Å²) in [6.07, 6.45) is 8.76. The van der Waals surface area contributed by atoms with E-state index in [0.29, 0.717) is 18.9 Å². The van der Waals surface area contributed by atoms with E-state index in [4.69, 9.17) is 0 Å². The van der Waals surface area contributed by atoms with Gasteiger partial charge in [0.25, 0.3) is 11.5 Å². The summed E-state index contributed by atoms with van der Waals surface area (Å²) in [6, 6.07) is 2.81. The highest BCUT2D eigenvalue weighted by atomic mass is 16.2. The molecule has 1 amide bonds. The van der Waals surface area contributed by atoms with Crippen molar-refractivity contribution >= 4 is 11.7 Å². The maximum absolute atomic E-state index is 12.2. The number of nitrogens with one attached hydrogen (secondary N) is 1. The van der Waals surface area contributed by atoms with Gasteiger partial charge < -0.3 is 5.32 Å². The first-order valence-electron chi connectivity index (χ1n) is 7.81.